The fourth-order valence-corrected chi connectivity index (χ4v) is 2.87. The van der Waals surface area contributed by atoms with Crippen molar-refractivity contribution in [3.05, 3.63) is 30.1 Å². The van der Waals surface area contributed by atoms with Crippen LogP contribution < -0.4 is 0 Å². The van der Waals surface area contributed by atoms with E-state index in [0.29, 0.717) is 6.54 Å². The molecule has 0 aliphatic carbocycles. The van der Waals surface area contributed by atoms with Gasteiger partial charge in [-0.3, -0.25) is 14.6 Å². The number of hydrogen-bond donors (Lipinski definition) is 0. The van der Waals surface area contributed by atoms with Crippen LogP contribution in [-0.4, -0.2) is 45.7 Å². The number of aromatic nitrogens is 1. The first-order valence-electron chi connectivity index (χ1n) is 6.73. The molecular weight excluding hydrogens is 242 g/mol. The second-order valence-corrected chi connectivity index (χ2v) is 5.15. The maximum Gasteiger partial charge on any atom is 0.246 e. The van der Waals surface area contributed by atoms with Gasteiger partial charge in [-0.15, -0.1) is 0 Å². The van der Waals surface area contributed by atoms with Crippen LogP contribution in [0, 0.1) is 0 Å². The molecular formula is C14H17N3O2. The summed E-state index contributed by atoms with van der Waals surface area (Å²) < 4.78 is 0. The molecule has 3 heterocycles. The molecule has 0 saturated carbocycles. The zero-order valence-corrected chi connectivity index (χ0v) is 10.8. The summed E-state index contributed by atoms with van der Waals surface area (Å²) in [5, 5.41) is 0. The van der Waals surface area contributed by atoms with Gasteiger partial charge in [0, 0.05) is 25.5 Å². The minimum Gasteiger partial charge on any atom is -0.329 e. The van der Waals surface area contributed by atoms with Crippen molar-refractivity contribution < 1.29 is 9.59 Å². The Morgan fingerprint density at radius 1 is 1.21 bits per heavy atom. The normalized spacial score (nSPS) is 23.5. The van der Waals surface area contributed by atoms with Gasteiger partial charge in [0.05, 0.1) is 0 Å². The van der Waals surface area contributed by atoms with E-state index in [0.717, 1.165) is 31.4 Å². The Morgan fingerprint density at radius 2 is 2.00 bits per heavy atom. The average Bonchev–Trinajstić information content (AvgIpc) is 2.46. The second-order valence-electron chi connectivity index (χ2n) is 5.15. The molecule has 0 aromatic carbocycles. The third kappa shape index (κ3) is 2.32. The zero-order valence-electron chi connectivity index (χ0n) is 10.8. The van der Waals surface area contributed by atoms with Crippen molar-refractivity contribution in [2.24, 2.45) is 0 Å². The van der Waals surface area contributed by atoms with Gasteiger partial charge in [-0.05, 0) is 37.0 Å². The quantitative estimate of drug-likeness (QED) is 0.789. The fourth-order valence-electron chi connectivity index (χ4n) is 2.87. The molecule has 2 saturated heterocycles. The lowest BCUT2D eigenvalue weighted by Gasteiger charge is -2.42. The number of nitrogens with zero attached hydrogens (tertiary/aromatic N) is 3. The first-order chi connectivity index (χ1) is 9.25. The summed E-state index contributed by atoms with van der Waals surface area (Å²) in [5.74, 6) is 0.175. The molecule has 2 amide bonds. The van der Waals surface area contributed by atoms with Gasteiger partial charge in [0.15, 0.2) is 0 Å². The molecule has 19 heavy (non-hydrogen) atoms. The van der Waals surface area contributed by atoms with Crippen LogP contribution in [0.4, 0.5) is 0 Å². The summed E-state index contributed by atoms with van der Waals surface area (Å²) in [4.78, 5) is 31.9. The first kappa shape index (κ1) is 12.1. The standard InChI is InChI=1S/C14H17N3O2/c18-13-10-16(9-11-4-6-15-7-5-11)14(19)12-3-1-2-8-17(12)13/h4-7,12H,1-3,8-10H2. The highest BCUT2D eigenvalue weighted by molar-refractivity contribution is 5.95. The monoisotopic (exact) mass is 259 g/mol. The Hall–Kier alpha value is -1.91. The average molecular weight is 259 g/mol. The number of amides is 2. The molecule has 2 fully saturated rings. The maximum atomic E-state index is 12.4. The predicted molar refractivity (Wildman–Crippen MR) is 69.0 cm³/mol. The van der Waals surface area contributed by atoms with Crippen LogP contribution in [0.25, 0.3) is 0 Å². The largest absolute Gasteiger partial charge is 0.329 e. The van der Waals surface area contributed by atoms with E-state index in [4.69, 9.17) is 0 Å². The van der Waals surface area contributed by atoms with E-state index in [-0.39, 0.29) is 24.4 Å². The summed E-state index contributed by atoms with van der Waals surface area (Å²) in [6, 6.07) is 3.53. The van der Waals surface area contributed by atoms with Crippen molar-refractivity contribution in [3.63, 3.8) is 0 Å². The third-order valence-electron chi connectivity index (χ3n) is 3.87. The lowest BCUT2D eigenvalue weighted by molar-refractivity contribution is -0.158. The Kier molecular flexibility index (Phi) is 3.19. The van der Waals surface area contributed by atoms with E-state index < -0.39 is 0 Å². The van der Waals surface area contributed by atoms with Gasteiger partial charge in [0.1, 0.15) is 12.6 Å². The molecule has 1 aromatic rings. The zero-order chi connectivity index (χ0) is 13.2. The van der Waals surface area contributed by atoms with E-state index in [1.54, 1.807) is 22.2 Å². The predicted octanol–water partition coefficient (Wildman–Crippen LogP) is 0.805. The fraction of sp³-hybridized carbons (Fsp3) is 0.500. The van der Waals surface area contributed by atoms with Gasteiger partial charge in [0.25, 0.3) is 0 Å². The van der Waals surface area contributed by atoms with Crippen LogP contribution in [0.3, 0.4) is 0 Å². The van der Waals surface area contributed by atoms with Crippen LogP contribution in [0.15, 0.2) is 24.5 Å². The number of piperidine rings is 1. The summed E-state index contributed by atoms with van der Waals surface area (Å²) in [6.07, 6.45) is 6.26. The molecule has 2 aliphatic rings. The molecule has 0 bridgehead atoms. The van der Waals surface area contributed by atoms with Crippen molar-refractivity contribution in [1.29, 1.82) is 0 Å². The van der Waals surface area contributed by atoms with Crippen molar-refractivity contribution in [1.82, 2.24) is 14.8 Å². The Balaban J connectivity index is 1.76. The highest BCUT2D eigenvalue weighted by atomic mass is 16.2. The Labute approximate surface area is 112 Å². The van der Waals surface area contributed by atoms with Crippen molar-refractivity contribution >= 4 is 11.8 Å². The minimum absolute atomic E-state index is 0.0818. The summed E-state index contributed by atoms with van der Waals surface area (Å²) in [7, 11) is 0. The smallest absolute Gasteiger partial charge is 0.246 e. The van der Waals surface area contributed by atoms with E-state index in [2.05, 4.69) is 4.98 Å². The van der Waals surface area contributed by atoms with Gasteiger partial charge in [-0.1, -0.05) is 0 Å². The van der Waals surface area contributed by atoms with E-state index in [1.807, 2.05) is 12.1 Å². The van der Waals surface area contributed by atoms with Crippen LogP contribution in [0.5, 0.6) is 0 Å². The first-order valence-corrected chi connectivity index (χ1v) is 6.73. The number of fused-ring (bicyclic) bond motifs is 1. The number of hydrogen-bond acceptors (Lipinski definition) is 3. The molecule has 5 heteroatoms. The summed E-state index contributed by atoms with van der Waals surface area (Å²) >= 11 is 0. The van der Waals surface area contributed by atoms with Crippen LogP contribution in [-0.2, 0) is 16.1 Å². The third-order valence-corrected chi connectivity index (χ3v) is 3.87. The topological polar surface area (TPSA) is 53.5 Å². The Morgan fingerprint density at radius 3 is 2.79 bits per heavy atom. The number of rotatable bonds is 2. The molecule has 1 aromatic heterocycles. The summed E-state index contributed by atoms with van der Waals surface area (Å²) in [6.45, 7) is 1.44. The molecule has 1 atom stereocenters. The lowest BCUT2D eigenvalue weighted by atomic mass is 9.98. The molecule has 0 radical (unpaired) electrons. The lowest BCUT2D eigenvalue weighted by Crippen LogP contribution is -2.60. The molecule has 5 nitrogen and oxygen atoms in total. The van der Waals surface area contributed by atoms with Gasteiger partial charge in [-0.25, -0.2) is 0 Å². The summed E-state index contributed by atoms with van der Waals surface area (Å²) in [5.41, 5.74) is 1.01. The number of pyridine rings is 1. The van der Waals surface area contributed by atoms with Gasteiger partial charge in [0.2, 0.25) is 11.8 Å². The van der Waals surface area contributed by atoms with Gasteiger partial charge < -0.3 is 9.80 Å². The minimum atomic E-state index is -0.225. The Bertz CT molecular complexity index is 489. The van der Waals surface area contributed by atoms with Crippen molar-refractivity contribution in [3.8, 4) is 0 Å². The van der Waals surface area contributed by atoms with Gasteiger partial charge >= 0.3 is 0 Å². The van der Waals surface area contributed by atoms with E-state index >= 15 is 0 Å². The van der Waals surface area contributed by atoms with E-state index in [1.165, 1.54) is 0 Å². The second kappa shape index (κ2) is 4.99. The highest BCUT2D eigenvalue weighted by Gasteiger charge is 2.40. The van der Waals surface area contributed by atoms with Crippen LogP contribution >= 0.6 is 0 Å². The molecule has 2 aliphatic heterocycles. The molecule has 100 valence electrons. The van der Waals surface area contributed by atoms with E-state index in [9.17, 15) is 9.59 Å². The van der Waals surface area contributed by atoms with Crippen molar-refractivity contribution in [2.45, 2.75) is 31.8 Å². The molecule has 3 rings (SSSR count). The van der Waals surface area contributed by atoms with Crippen LogP contribution in [0.2, 0.25) is 0 Å². The van der Waals surface area contributed by atoms with Crippen LogP contribution in [0.1, 0.15) is 24.8 Å². The van der Waals surface area contributed by atoms with Crippen molar-refractivity contribution in [2.75, 3.05) is 13.1 Å². The van der Waals surface area contributed by atoms with Gasteiger partial charge in [-0.2, -0.15) is 0 Å². The highest BCUT2D eigenvalue weighted by Crippen LogP contribution is 2.23. The molecule has 0 N–H and O–H groups in total. The maximum absolute atomic E-state index is 12.4. The SMILES string of the molecule is O=C1C2CCCCN2C(=O)CN1Cc1ccncc1. The number of carbonyl (C=O) groups excluding carboxylic acids is 2. The number of carbonyl (C=O) groups is 2. The molecule has 0 spiro atoms. The number of piperazine rings is 1. The molecule has 1 unspecified atom stereocenters.